The highest BCUT2D eigenvalue weighted by atomic mass is 35.5. The summed E-state index contributed by atoms with van der Waals surface area (Å²) < 4.78 is 5.03. The van der Waals surface area contributed by atoms with Crippen molar-refractivity contribution in [2.24, 2.45) is 5.73 Å². The van der Waals surface area contributed by atoms with Crippen molar-refractivity contribution in [1.82, 2.24) is 10.6 Å². The van der Waals surface area contributed by atoms with Crippen LogP contribution in [0.2, 0.25) is 5.02 Å². The largest absolute Gasteiger partial charge is 0.456 e. The van der Waals surface area contributed by atoms with Gasteiger partial charge in [0.05, 0.1) is 12.5 Å². The lowest BCUT2D eigenvalue weighted by molar-refractivity contribution is -0.149. The second-order valence-corrected chi connectivity index (χ2v) is 6.82. The van der Waals surface area contributed by atoms with Crippen LogP contribution in [0.1, 0.15) is 50.1 Å². The first-order valence-corrected chi connectivity index (χ1v) is 9.08. The predicted octanol–water partition coefficient (Wildman–Crippen LogP) is 2.43. The van der Waals surface area contributed by atoms with Gasteiger partial charge in [-0.05, 0) is 30.5 Å². The number of ether oxygens (including phenoxy) is 1. The molecule has 1 fully saturated rings. The van der Waals surface area contributed by atoms with Crippen molar-refractivity contribution in [2.75, 3.05) is 6.61 Å². The number of amides is 3. The van der Waals surface area contributed by atoms with Crippen LogP contribution in [0, 0.1) is 0 Å². The van der Waals surface area contributed by atoms with Gasteiger partial charge in [0.15, 0.2) is 6.61 Å². The molecule has 1 atom stereocenters. The van der Waals surface area contributed by atoms with Crippen LogP contribution < -0.4 is 16.4 Å². The number of benzene rings is 1. The highest BCUT2D eigenvalue weighted by Crippen LogP contribution is 2.20. The first kappa shape index (κ1) is 20.0. The molecule has 0 aromatic heterocycles. The molecule has 1 aromatic rings. The minimum atomic E-state index is -0.757. The van der Waals surface area contributed by atoms with Crippen molar-refractivity contribution < 1.29 is 19.1 Å². The monoisotopic (exact) mass is 381 g/mol. The molecule has 0 bridgehead atoms. The minimum Gasteiger partial charge on any atom is -0.456 e. The molecule has 0 heterocycles. The van der Waals surface area contributed by atoms with E-state index in [2.05, 4.69) is 10.6 Å². The Kier molecular flexibility index (Phi) is 7.72. The molecule has 1 aromatic carbocycles. The summed E-state index contributed by atoms with van der Waals surface area (Å²) in [6.45, 7) is -0.334. The molecule has 142 valence electrons. The second-order valence-electron chi connectivity index (χ2n) is 6.38. The van der Waals surface area contributed by atoms with Gasteiger partial charge in [-0.2, -0.15) is 0 Å². The van der Waals surface area contributed by atoms with Crippen LogP contribution >= 0.6 is 11.6 Å². The lowest BCUT2D eigenvalue weighted by atomic mass is 9.95. The number of nitrogens with one attached hydrogen (secondary N) is 2. The van der Waals surface area contributed by atoms with E-state index in [4.69, 9.17) is 22.1 Å². The number of primary amides is 1. The van der Waals surface area contributed by atoms with Crippen LogP contribution in [0.25, 0.3) is 0 Å². The number of esters is 1. The summed E-state index contributed by atoms with van der Waals surface area (Å²) in [5, 5.41) is 5.91. The number of nitrogens with two attached hydrogens (primary N) is 1. The van der Waals surface area contributed by atoms with Crippen LogP contribution in [-0.4, -0.2) is 30.6 Å². The third-order valence-corrected chi connectivity index (χ3v) is 4.55. The van der Waals surface area contributed by atoms with E-state index in [-0.39, 0.29) is 25.0 Å². The molecule has 1 aliphatic carbocycles. The number of hydrogen-bond donors (Lipinski definition) is 3. The van der Waals surface area contributed by atoms with E-state index < -0.39 is 18.0 Å². The van der Waals surface area contributed by atoms with Crippen molar-refractivity contribution in [3.8, 4) is 0 Å². The molecule has 2 rings (SSSR count). The van der Waals surface area contributed by atoms with Crippen LogP contribution in [-0.2, 0) is 14.3 Å². The number of carbonyl (C=O) groups is 3. The molecule has 8 heteroatoms. The van der Waals surface area contributed by atoms with Crippen molar-refractivity contribution >= 4 is 29.5 Å². The average molecular weight is 382 g/mol. The van der Waals surface area contributed by atoms with Gasteiger partial charge in [0, 0.05) is 11.1 Å². The predicted molar refractivity (Wildman–Crippen MR) is 97.5 cm³/mol. The third-order valence-electron chi connectivity index (χ3n) is 4.29. The third kappa shape index (κ3) is 6.92. The number of carbonyl (C=O) groups excluding carboxylic acids is 3. The summed E-state index contributed by atoms with van der Waals surface area (Å²) in [5.41, 5.74) is 5.83. The molecule has 3 amide bonds. The van der Waals surface area contributed by atoms with Gasteiger partial charge in [0.1, 0.15) is 0 Å². The Morgan fingerprint density at radius 1 is 1.15 bits per heavy atom. The molecule has 0 saturated heterocycles. The number of urea groups is 1. The molecular formula is C18H24ClN3O4. The summed E-state index contributed by atoms with van der Waals surface area (Å²) in [7, 11) is 0. The van der Waals surface area contributed by atoms with Crippen molar-refractivity contribution in [3.63, 3.8) is 0 Å². The van der Waals surface area contributed by atoms with Gasteiger partial charge in [-0.3, -0.25) is 9.59 Å². The molecule has 1 aliphatic rings. The fourth-order valence-corrected chi connectivity index (χ4v) is 3.13. The number of rotatable bonds is 7. The standard InChI is InChI=1S/C18H24ClN3O4/c19-13-8-6-12(7-9-13)15(22-18(20)25)10-17(24)26-11-16(23)21-14-4-2-1-3-5-14/h6-9,14-15H,1-5,10-11H2,(H,21,23)(H3,20,22,25)/t15-/m0/s1. The van der Waals surface area contributed by atoms with E-state index in [9.17, 15) is 14.4 Å². The maximum atomic E-state index is 12.1. The smallest absolute Gasteiger partial charge is 0.312 e. The molecule has 0 aliphatic heterocycles. The Bertz CT molecular complexity index is 630. The van der Waals surface area contributed by atoms with E-state index in [0.29, 0.717) is 10.6 Å². The Hall–Kier alpha value is -2.28. The van der Waals surface area contributed by atoms with Crippen LogP contribution in [0.3, 0.4) is 0 Å². The second kappa shape index (κ2) is 10.0. The van der Waals surface area contributed by atoms with Crippen molar-refractivity contribution in [3.05, 3.63) is 34.9 Å². The van der Waals surface area contributed by atoms with Gasteiger partial charge in [0.2, 0.25) is 0 Å². The van der Waals surface area contributed by atoms with Gasteiger partial charge < -0.3 is 21.1 Å². The van der Waals surface area contributed by atoms with Crippen LogP contribution in [0.4, 0.5) is 4.79 Å². The quantitative estimate of drug-likeness (QED) is 0.630. The average Bonchev–Trinajstić information content (AvgIpc) is 2.60. The zero-order chi connectivity index (χ0) is 18.9. The molecule has 0 spiro atoms. The molecule has 1 saturated carbocycles. The van der Waals surface area contributed by atoms with Gasteiger partial charge in [0.25, 0.3) is 5.91 Å². The fraction of sp³-hybridized carbons (Fsp3) is 0.500. The van der Waals surface area contributed by atoms with Crippen molar-refractivity contribution in [1.29, 1.82) is 0 Å². The Morgan fingerprint density at radius 2 is 1.81 bits per heavy atom. The molecule has 0 radical (unpaired) electrons. The van der Waals surface area contributed by atoms with Gasteiger partial charge in [-0.1, -0.05) is 43.0 Å². The maximum absolute atomic E-state index is 12.1. The molecule has 26 heavy (non-hydrogen) atoms. The molecule has 0 unspecified atom stereocenters. The Labute approximate surface area is 157 Å². The Morgan fingerprint density at radius 3 is 2.42 bits per heavy atom. The minimum absolute atomic E-state index is 0.138. The Balaban J connectivity index is 1.83. The van der Waals surface area contributed by atoms with E-state index in [1.807, 2.05) is 0 Å². The normalized spacial score (nSPS) is 15.7. The van der Waals surface area contributed by atoms with E-state index in [1.165, 1.54) is 6.42 Å². The lowest BCUT2D eigenvalue weighted by Crippen LogP contribution is -2.39. The van der Waals surface area contributed by atoms with Gasteiger partial charge in [-0.15, -0.1) is 0 Å². The number of halogens is 1. The summed E-state index contributed by atoms with van der Waals surface area (Å²) in [4.78, 5) is 35.1. The molecular weight excluding hydrogens is 358 g/mol. The first-order valence-electron chi connectivity index (χ1n) is 8.70. The topological polar surface area (TPSA) is 111 Å². The van der Waals surface area contributed by atoms with Crippen LogP contribution in [0.15, 0.2) is 24.3 Å². The lowest BCUT2D eigenvalue weighted by Gasteiger charge is -2.22. The summed E-state index contributed by atoms with van der Waals surface area (Å²) in [5.74, 6) is -0.909. The summed E-state index contributed by atoms with van der Waals surface area (Å²) in [6, 6.07) is 5.42. The zero-order valence-electron chi connectivity index (χ0n) is 14.5. The van der Waals surface area contributed by atoms with Crippen molar-refractivity contribution in [2.45, 2.75) is 50.6 Å². The molecule has 7 nitrogen and oxygen atoms in total. The summed E-state index contributed by atoms with van der Waals surface area (Å²) >= 11 is 5.84. The van der Waals surface area contributed by atoms with Gasteiger partial charge >= 0.3 is 12.0 Å². The maximum Gasteiger partial charge on any atom is 0.312 e. The highest BCUT2D eigenvalue weighted by molar-refractivity contribution is 6.30. The summed E-state index contributed by atoms with van der Waals surface area (Å²) in [6.07, 6.45) is 5.18. The first-order chi connectivity index (χ1) is 12.4. The molecule has 4 N–H and O–H groups in total. The fourth-order valence-electron chi connectivity index (χ4n) is 3.01. The van der Waals surface area contributed by atoms with E-state index in [1.54, 1.807) is 24.3 Å². The van der Waals surface area contributed by atoms with Crippen LogP contribution in [0.5, 0.6) is 0 Å². The SMILES string of the molecule is NC(=O)N[C@@H](CC(=O)OCC(=O)NC1CCCCC1)c1ccc(Cl)cc1. The van der Waals surface area contributed by atoms with E-state index >= 15 is 0 Å². The number of hydrogen-bond acceptors (Lipinski definition) is 4. The highest BCUT2D eigenvalue weighted by Gasteiger charge is 2.20. The zero-order valence-corrected chi connectivity index (χ0v) is 15.3. The van der Waals surface area contributed by atoms with Gasteiger partial charge in [-0.25, -0.2) is 4.79 Å². The van der Waals surface area contributed by atoms with E-state index in [0.717, 1.165) is 25.7 Å².